The molecule has 44 heavy (non-hydrogen) atoms. The highest BCUT2D eigenvalue weighted by Crippen LogP contribution is 2.60. The number of rotatable bonds is 11. The van der Waals surface area contributed by atoms with Crippen LogP contribution in [0, 0.1) is 5.92 Å². The first-order valence-electron chi connectivity index (χ1n) is 15.6. The number of aliphatic hydroxyl groups excluding tert-OH is 1. The third-order valence-corrected chi connectivity index (χ3v) is 14.2. The molecule has 0 bridgehead atoms. The fraction of sp³-hybridized carbons (Fsp3) is 0.545. The number of anilines is 2. The van der Waals surface area contributed by atoms with Crippen molar-refractivity contribution in [3.8, 4) is 5.75 Å². The topological polar surface area (TPSA) is 118 Å². The third-order valence-electron chi connectivity index (χ3n) is 9.87. The molecule has 0 aromatic heterocycles. The summed E-state index contributed by atoms with van der Waals surface area (Å²) in [6, 6.07) is 14.0. The minimum Gasteiger partial charge on any atom is -0.497 e. The Labute approximate surface area is 260 Å². The Morgan fingerprint density at radius 1 is 1.14 bits per heavy atom. The number of hydrogen-bond donors (Lipinski definition) is 2. The summed E-state index contributed by atoms with van der Waals surface area (Å²) in [6.45, 7) is 8.61. The summed E-state index contributed by atoms with van der Waals surface area (Å²) in [4.78, 5) is 42.9. The minimum atomic E-state index is -2.30. The molecular weight excluding hydrogens is 578 g/mol. The normalized spacial score (nSPS) is 25.1. The molecule has 10 nitrogen and oxygen atoms in total. The molecule has 0 radical (unpaired) electrons. The number of piperazine rings is 1. The number of amides is 2. The van der Waals surface area contributed by atoms with Crippen LogP contribution in [0.2, 0.25) is 18.6 Å². The van der Waals surface area contributed by atoms with Crippen molar-refractivity contribution >= 4 is 42.4 Å². The standard InChI is InChI=1S/C33H45N3O7Si/c1-22-31(44(4,5)25-12-10-24(41-2)11-13-25)28(15-19-37)43-33(22)26-20-23(35-18-16-34-21-29(35)38)9-14-27(26)36(32(33)40)17-7-6-8-30(39)42-3/h9-14,20,22,28,31,34,37H,6-8,15-19,21H2,1-5H3/t22-,28+,31-,33+/m1/s1. The molecule has 11 heteroatoms. The predicted octanol–water partition coefficient (Wildman–Crippen LogP) is 2.92. The van der Waals surface area contributed by atoms with Gasteiger partial charge in [-0.1, -0.05) is 37.3 Å². The highest BCUT2D eigenvalue weighted by Gasteiger charge is 2.66. The molecule has 0 saturated carbocycles. The van der Waals surface area contributed by atoms with E-state index in [1.54, 1.807) is 16.9 Å². The lowest BCUT2D eigenvalue weighted by atomic mass is 9.82. The first-order valence-corrected chi connectivity index (χ1v) is 18.7. The van der Waals surface area contributed by atoms with E-state index in [0.29, 0.717) is 38.9 Å². The van der Waals surface area contributed by atoms with Gasteiger partial charge in [-0.15, -0.1) is 0 Å². The molecule has 5 rings (SSSR count). The second-order valence-corrected chi connectivity index (χ2v) is 17.3. The number of carbonyl (C=O) groups excluding carboxylic acids is 3. The number of nitrogens with one attached hydrogen (secondary N) is 1. The SMILES string of the molecule is COC(=O)CCCCN1C(=O)[C@@]2(O[C@@H](CCO)[C@H]([Si](C)(C)c3ccc(OC)cc3)[C@H]2C)c2cc(N3CCNCC3=O)ccc21. The Kier molecular flexibility index (Phi) is 9.50. The average Bonchev–Trinajstić information content (AvgIpc) is 3.45. The number of hydrogen-bond acceptors (Lipinski definition) is 8. The van der Waals surface area contributed by atoms with Crippen molar-refractivity contribution < 1.29 is 33.7 Å². The van der Waals surface area contributed by atoms with Crippen LogP contribution in [0.25, 0.3) is 0 Å². The van der Waals surface area contributed by atoms with Crippen LogP contribution in [0.5, 0.6) is 5.75 Å². The molecule has 2 N–H and O–H groups in total. The molecule has 2 saturated heterocycles. The van der Waals surface area contributed by atoms with E-state index in [9.17, 15) is 19.5 Å². The second-order valence-electron chi connectivity index (χ2n) is 12.6. The van der Waals surface area contributed by atoms with Crippen LogP contribution >= 0.6 is 0 Å². The number of fused-ring (bicyclic) bond motifs is 2. The lowest BCUT2D eigenvalue weighted by molar-refractivity contribution is -0.146. The number of carbonyl (C=O) groups is 3. The Hall–Kier alpha value is -3.25. The van der Waals surface area contributed by atoms with Crippen LogP contribution in [-0.2, 0) is 29.5 Å². The smallest absolute Gasteiger partial charge is 0.305 e. The maximum atomic E-state index is 14.7. The second kappa shape index (κ2) is 13.0. The molecule has 0 aliphatic carbocycles. The van der Waals surface area contributed by atoms with Crippen molar-refractivity contribution in [2.75, 3.05) is 56.8 Å². The number of nitrogens with zero attached hydrogens (tertiary/aromatic N) is 2. The van der Waals surface area contributed by atoms with Crippen molar-refractivity contribution in [1.29, 1.82) is 0 Å². The van der Waals surface area contributed by atoms with Gasteiger partial charge in [0, 0.05) is 49.8 Å². The van der Waals surface area contributed by atoms with Gasteiger partial charge in [-0.2, -0.15) is 0 Å². The van der Waals surface area contributed by atoms with Gasteiger partial charge in [0.15, 0.2) is 5.60 Å². The van der Waals surface area contributed by atoms with E-state index >= 15 is 0 Å². The van der Waals surface area contributed by atoms with Gasteiger partial charge in [-0.3, -0.25) is 14.4 Å². The molecule has 2 aromatic rings. The van der Waals surface area contributed by atoms with E-state index in [-0.39, 0.29) is 54.9 Å². The first-order chi connectivity index (χ1) is 21.1. The molecule has 3 heterocycles. The summed E-state index contributed by atoms with van der Waals surface area (Å²) < 4.78 is 17.2. The number of ether oxygens (including phenoxy) is 3. The Balaban J connectivity index is 1.57. The third kappa shape index (κ3) is 5.55. The van der Waals surface area contributed by atoms with E-state index < -0.39 is 13.7 Å². The van der Waals surface area contributed by atoms with E-state index in [1.807, 2.05) is 30.3 Å². The zero-order valence-electron chi connectivity index (χ0n) is 26.4. The average molecular weight is 624 g/mol. The van der Waals surface area contributed by atoms with Crippen molar-refractivity contribution in [2.45, 2.75) is 62.9 Å². The van der Waals surface area contributed by atoms with E-state index in [4.69, 9.17) is 14.2 Å². The highest BCUT2D eigenvalue weighted by molar-refractivity contribution is 6.91. The summed E-state index contributed by atoms with van der Waals surface area (Å²) in [7, 11) is 0.724. The lowest BCUT2D eigenvalue weighted by Crippen LogP contribution is -2.52. The van der Waals surface area contributed by atoms with Crippen LogP contribution < -0.4 is 25.0 Å². The van der Waals surface area contributed by atoms with Gasteiger partial charge in [0.05, 0.1) is 40.6 Å². The van der Waals surface area contributed by atoms with Gasteiger partial charge in [0.2, 0.25) is 5.91 Å². The fourth-order valence-electron chi connectivity index (χ4n) is 7.61. The van der Waals surface area contributed by atoms with Crippen LogP contribution in [0.4, 0.5) is 11.4 Å². The zero-order chi connectivity index (χ0) is 31.6. The fourth-order valence-corrected chi connectivity index (χ4v) is 11.7. The largest absolute Gasteiger partial charge is 0.497 e. The van der Waals surface area contributed by atoms with E-state index in [2.05, 4.69) is 37.5 Å². The van der Waals surface area contributed by atoms with Gasteiger partial charge >= 0.3 is 5.97 Å². The van der Waals surface area contributed by atoms with Gasteiger partial charge in [0.1, 0.15) is 5.75 Å². The molecule has 238 valence electrons. The molecule has 2 amide bonds. The van der Waals surface area contributed by atoms with Gasteiger partial charge in [0.25, 0.3) is 5.91 Å². The van der Waals surface area contributed by atoms with Crippen molar-refractivity contribution in [3.05, 3.63) is 48.0 Å². The number of methoxy groups -OCH3 is 2. The van der Waals surface area contributed by atoms with Crippen molar-refractivity contribution in [2.24, 2.45) is 5.92 Å². The highest BCUT2D eigenvalue weighted by atomic mass is 28.3. The zero-order valence-corrected chi connectivity index (χ0v) is 27.4. The van der Waals surface area contributed by atoms with Gasteiger partial charge < -0.3 is 34.4 Å². The maximum absolute atomic E-state index is 14.7. The van der Waals surface area contributed by atoms with E-state index in [0.717, 1.165) is 22.7 Å². The van der Waals surface area contributed by atoms with Crippen LogP contribution in [0.3, 0.4) is 0 Å². The number of esters is 1. The predicted molar refractivity (Wildman–Crippen MR) is 171 cm³/mol. The molecular formula is C33H45N3O7Si. The molecule has 0 unspecified atom stereocenters. The van der Waals surface area contributed by atoms with Crippen LogP contribution in [-0.4, -0.2) is 84.1 Å². The number of aliphatic hydroxyl groups is 1. The van der Waals surface area contributed by atoms with Gasteiger partial charge in [-0.05, 0) is 55.1 Å². The Bertz CT molecular complexity index is 1380. The monoisotopic (exact) mass is 623 g/mol. The summed E-state index contributed by atoms with van der Waals surface area (Å²) in [5.41, 5.74) is 1.06. The summed E-state index contributed by atoms with van der Waals surface area (Å²) in [5, 5.41) is 14.5. The molecule has 2 fully saturated rings. The van der Waals surface area contributed by atoms with Crippen molar-refractivity contribution in [3.63, 3.8) is 0 Å². The molecule has 4 atom stereocenters. The van der Waals surface area contributed by atoms with Crippen molar-refractivity contribution in [1.82, 2.24) is 5.32 Å². The Morgan fingerprint density at radius 3 is 2.55 bits per heavy atom. The minimum absolute atomic E-state index is 0.0151. The summed E-state index contributed by atoms with van der Waals surface area (Å²) >= 11 is 0. The quantitative estimate of drug-likeness (QED) is 0.223. The maximum Gasteiger partial charge on any atom is 0.305 e. The number of unbranched alkanes of at least 4 members (excludes halogenated alkanes) is 1. The first kappa shape index (κ1) is 32.1. The molecule has 2 aromatic carbocycles. The van der Waals surface area contributed by atoms with Crippen LogP contribution in [0.1, 0.15) is 38.2 Å². The Morgan fingerprint density at radius 2 is 1.89 bits per heavy atom. The van der Waals surface area contributed by atoms with E-state index in [1.165, 1.54) is 12.3 Å². The number of benzene rings is 2. The molecule has 3 aliphatic heterocycles. The lowest BCUT2D eigenvalue weighted by Gasteiger charge is -2.37. The molecule has 3 aliphatic rings. The van der Waals surface area contributed by atoms with Crippen LogP contribution in [0.15, 0.2) is 42.5 Å². The summed E-state index contributed by atoms with van der Waals surface area (Å²) in [6.07, 6.45) is 1.59. The molecule has 1 spiro atoms. The van der Waals surface area contributed by atoms with Gasteiger partial charge in [-0.25, -0.2) is 0 Å². The summed E-state index contributed by atoms with van der Waals surface area (Å²) in [5.74, 6) is 0.178.